The third-order valence-electron chi connectivity index (χ3n) is 10.4. The lowest BCUT2D eigenvalue weighted by Crippen LogP contribution is -2.54. The van der Waals surface area contributed by atoms with Gasteiger partial charge >= 0.3 is 0 Å². The van der Waals surface area contributed by atoms with Crippen LogP contribution in [0, 0.1) is 11.8 Å². The van der Waals surface area contributed by atoms with Crippen LogP contribution in [0.2, 0.25) is 23.2 Å². The van der Waals surface area contributed by atoms with Gasteiger partial charge in [-0.05, 0) is 90.4 Å². The van der Waals surface area contributed by atoms with Gasteiger partial charge in [-0.15, -0.1) is 6.58 Å². The van der Waals surface area contributed by atoms with Gasteiger partial charge in [0, 0.05) is 30.6 Å². The van der Waals surface area contributed by atoms with Crippen LogP contribution in [0.25, 0.3) is 0 Å². The number of hydrogen-bond acceptors (Lipinski definition) is 5. The zero-order valence-corrected chi connectivity index (χ0v) is 28.6. The lowest BCUT2D eigenvalue weighted by molar-refractivity contribution is 0.0135. The molecule has 230 valence electrons. The molecule has 1 unspecified atom stereocenters. The molecule has 2 aromatic carbocycles. The molecule has 1 aliphatic heterocycles. The predicted octanol–water partition coefficient (Wildman–Crippen LogP) is 7.32. The summed E-state index contributed by atoms with van der Waals surface area (Å²) in [4.78, 5) is 2.70. The van der Waals surface area contributed by atoms with Crippen LogP contribution in [0.1, 0.15) is 57.6 Å². The summed E-state index contributed by atoms with van der Waals surface area (Å²) in [6, 6.07) is 11.7. The highest BCUT2D eigenvalue weighted by Crippen LogP contribution is 2.47. The number of fused-ring (bicyclic) bond motifs is 3. The van der Waals surface area contributed by atoms with Crippen LogP contribution in [0.3, 0.4) is 0 Å². The Morgan fingerprint density at radius 1 is 1.24 bits per heavy atom. The van der Waals surface area contributed by atoms with Crippen molar-refractivity contribution >= 4 is 35.5 Å². The second-order valence-corrected chi connectivity index (χ2v) is 21.6. The molecule has 0 radical (unpaired) electrons. The maximum absolute atomic E-state index is 13.8. The number of hydrogen-bond donors (Lipinski definition) is 1. The standard InChI is InChI=1S/C33H47ClN2O4SSi/c1-8-30(39-5)27-14-11-24(27)20-36-21-33(17-9-10-23-18-25(34)12-15-28(23)33)22-40-31-16-13-26(19-29(31)36)41(37,38)35-42(6,7)32(2,3)4/h8,12-13,15-16,18-19,24,27,30,35H,1,9-11,14,17,20-22H2,2-7H3/t24-,27+,30?,33-/m0/s1. The van der Waals surface area contributed by atoms with Crippen molar-refractivity contribution in [3.8, 4) is 5.75 Å². The molecule has 0 amide bonds. The van der Waals surface area contributed by atoms with Crippen molar-refractivity contribution in [2.75, 3.05) is 31.7 Å². The van der Waals surface area contributed by atoms with E-state index in [0.29, 0.717) is 18.4 Å². The first-order valence-corrected chi connectivity index (χ1v) is 20.1. The quantitative estimate of drug-likeness (QED) is 0.244. The van der Waals surface area contributed by atoms with E-state index in [9.17, 15) is 8.42 Å². The summed E-state index contributed by atoms with van der Waals surface area (Å²) >= 11 is 6.42. The van der Waals surface area contributed by atoms with Crippen LogP contribution < -0.4 is 14.0 Å². The van der Waals surface area contributed by atoms with E-state index in [-0.39, 0.29) is 21.5 Å². The fourth-order valence-corrected chi connectivity index (χ4v) is 11.9. The van der Waals surface area contributed by atoms with Gasteiger partial charge in [-0.2, -0.15) is 0 Å². The third kappa shape index (κ3) is 5.94. The molecule has 1 spiro atoms. The smallest absolute Gasteiger partial charge is 0.234 e. The first kappa shape index (κ1) is 31.6. The number of ether oxygens (including phenoxy) is 2. The fourth-order valence-electron chi connectivity index (χ4n) is 6.79. The molecule has 1 heterocycles. The number of methoxy groups -OCH3 is 1. The summed E-state index contributed by atoms with van der Waals surface area (Å²) in [7, 11) is -4.31. The maximum atomic E-state index is 13.8. The zero-order chi connectivity index (χ0) is 30.5. The SMILES string of the molecule is C=CC(OC)[C@@H]1CC[C@H]1CN1C[C@@]2(CCCc3cc(Cl)ccc32)COc2ccc(S(=O)(=O)N[Si](C)(C)C(C)(C)C)cc21. The van der Waals surface area contributed by atoms with Crippen molar-refractivity contribution < 1.29 is 17.9 Å². The lowest BCUT2D eigenvalue weighted by Gasteiger charge is -2.46. The molecule has 3 aliphatic rings. The number of sulfonamides is 1. The summed E-state index contributed by atoms with van der Waals surface area (Å²) in [5, 5.41) is 0.629. The molecule has 4 atom stereocenters. The Morgan fingerprint density at radius 3 is 2.64 bits per heavy atom. The highest BCUT2D eigenvalue weighted by Gasteiger charge is 2.45. The summed E-state index contributed by atoms with van der Waals surface area (Å²) in [6.45, 7) is 16.6. The molecule has 1 N–H and O–H groups in total. The fraction of sp³-hybridized carbons (Fsp3) is 0.576. The summed E-state index contributed by atoms with van der Waals surface area (Å²) in [5.74, 6) is 1.54. The molecule has 1 fully saturated rings. The van der Waals surface area contributed by atoms with Crippen LogP contribution in [-0.4, -0.2) is 49.6 Å². The molecule has 1 saturated carbocycles. The van der Waals surface area contributed by atoms with E-state index in [0.717, 1.165) is 61.7 Å². The molecule has 0 saturated heterocycles. The van der Waals surface area contributed by atoms with Gasteiger partial charge in [-0.1, -0.05) is 57.6 Å². The third-order valence-corrected chi connectivity index (χ3v) is 18.4. The molecule has 2 aromatic rings. The second-order valence-electron chi connectivity index (χ2n) is 14.2. The molecule has 6 nitrogen and oxygen atoms in total. The summed E-state index contributed by atoms with van der Waals surface area (Å²) in [5.41, 5.74) is 3.23. The molecule has 0 aromatic heterocycles. The minimum Gasteiger partial charge on any atom is -0.490 e. The van der Waals surface area contributed by atoms with Crippen LogP contribution in [0.4, 0.5) is 5.69 Å². The number of rotatable bonds is 8. The largest absolute Gasteiger partial charge is 0.490 e. The van der Waals surface area contributed by atoms with E-state index < -0.39 is 18.3 Å². The van der Waals surface area contributed by atoms with Crippen LogP contribution in [0.5, 0.6) is 5.75 Å². The number of benzene rings is 2. The Morgan fingerprint density at radius 2 is 2.00 bits per heavy atom. The second kappa shape index (κ2) is 11.6. The zero-order valence-electron chi connectivity index (χ0n) is 26.0. The van der Waals surface area contributed by atoms with Crippen LogP contribution >= 0.6 is 11.6 Å². The molecular formula is C33H47ClN2O4SSi. The Balaban J connectivity index is 1.55. The van der Waals surface area contributed by atoms with Gasteiger partial charge in [0.25, 0.3) is 0 Å². The van der Waals surface area contributed by atoms with Crippen molar-refractivity contribution in [1.29, 1.82) is 0 Å². The average Bonchev–Trinajstić information content (AvgIpc) is 3.05. The van der Waals surface area contributed by atoms with Gasteiger partial charge in [0.1, 0.15) is 14.0 Å². The van der Waals surface area contributed by atoms with Gasteiger partial charge in [0.15, 0.2) is 0 Å². The molecule has 0 bridgehead atoms. The molecule has 2 aliphatic carbocycles. The topological polar surface area (TPSA) is 67.9 Å². The van der Waals surface area contributed by atoms with E-state index in [1.54, 1.807) is 13.2 Å². The van der Waals surface area contributed by atoms with Crippen LogP contribution in [0.15, 0.2) is 53.9 Å². The van der Waals surface area contributed by atoms with Crippen LogP contribution in [-0.2, 0) is 26.6 Å². The van der Waals surface area contributed by atoms with Crippen molar-refractivity contribution in [2.45, 2.75) is 87.4 Å². The number of nitrogens with zero attached hydrogens (tertiary/aromatic N) is 1. The molecular weight excluding hydrogens is 584 g/mol. The monoisotopic (exact) mass is 630 g/mol. The van der Waals surface area contributed by atoms with Gasteiger partial charge in [-0.25, -0.2) is 12.8 Å². The highest BCUT2D eigenvalue weighted by atomic mass is 35.5. The van der Waals surface area contributed by atoms with Crippen molar-refractivity contribution in [2.24, 2.45) is 11.8 Å². The Labute approximate surface area is 259 Å². The van der Waals surface area contributed by atoms with E-state index >= 15 is 0 Å². The Kier molecular flexibility index (Phi) is 8.71. The van der Waals surface area contributed by atoms with Gasteiger partial charge in [0.05, 0.1) is 23.3 Å². The first-order chi connectivity index (χ1) is 19.7. The maximum Gasteiger partial charge on any atom is 0.234 e. The first-order valence-electron chi connectivity index (χ1n) is 15.2. The average molecular weight is 631 g/mol. The number of aryl methyl sites for hydroxylation is 1. The van der Waals surface area contributed by atoms with Crippen molar-refractivity contribution in [3.63, 3.8) is 0 Å². The van der Waals surface area contributed by atoms with Gasteiger partial charge in [-0.3, -0.25) is 0 Å². The highest BCUT2D eigenvalue weighted by molar-refractivity contribution is 7.91. The molecule has 9 heteroatoms. The molecule has 42 heavy (non-hydrogen) atoms. The number of anilines is 1. The van der Waals surface area contributed by atoms with E-state index in [2.05, 4.69) is 61.9 Å². The minimum atomic E-state index is -3.73. The van der Waals surface area contributed by atoms with Gasteiger partial charge < -0.3 is 14.4 Å². The van der Waals surface area contributed by atoms with Crippen molar-refractivity contribution in [1.82, 2.24) is 4.39 Å². The number of halogens is 1. The van der Waals surface area contributed by atoms with Gasteiger partial charge in [0.2, 0.25) is 10.0 Å². The normalized spacial score (nSPS) is 25.1. The summed E-state index contributed by atoms with van der Waals surface area (Å²) < 4.78 is 43.1. The summed E-state index contributed by atoms with van der Waals surface area (Å²) in [6.07, 6.45) is 7.20. The molecule has 5 rings (SSSR count). The Bertz CT molecular complexity index is 1440. The van der Waals surface area contributed by atoms with Crippen molar-refractivity contribution in [3.05, 3.63) is 65.2 Å². The Hall–Kier alpha value is -1.84. The minimum absolute atomic E-state index is 0.0125. The lowest BCUT2D eigenvalue weighted by atomic mass is 9.68. The van der Waals surface area contributed by atoms with E-state index in [1.807, 2.05) is 24.3 Å². The van der Waals surface area contributed by atoms with E-state index in [1.165, 1.54) is 11.1 Å². The predicted molar refractivity (Wildman–Crippen MR) is 175 cm³/mol. The number of nitrogens with one attached hydrogen (secondary N) is 1. The van der Waals surface area contributed by atoms with E-state index in [4.69, 9.17) is 21.1 Å².